The van der Waals surface area contributed by atoms with Crippen molar-refractivity contribution in [2.75, 3.05) is 14.1 Å². The molecule has 2 aromatic rings. The fraction of sp³-hybridized carbons (Fsp3) is 0.346. The number of aliphatic hydroxyl groups excluding tert-OH is 2. The third kappa shape index (κ3) is 3.54. The summed E-state index contributed by atoms with van der Waals surface area (Å²) < 4.78 is 0. The Morgan fingerprint density at radius 3 is 2.54 bits per heavy atom. The number of carbonyl (C=O) groups is 3. The van der Waals surface area contributed by atoms with Crippen molar-refractivity contribution >= 4 is 17.5 Å². The number of ketones is 2. The maximum absolute atomic E-state index is 13.6. The lowest BCUT2D eigenvalue weighted by Crippen LogP contribution is -2.43. The molecule has 1 aromatic carbocycles. The van der Waals surface area contributed by atoms with Gasteiger partial charge in [0.05, 0.1) is 11.5 Å². The highest BCUT2D eigenvalue weighted by atomic mass is 16.3. The van der Waals surface area contributed by atoms with Gasteiger partial charge in [-0.15, -0.1) is 0 Å². The molecule has 0 aliphatic heterocycles. The number of phenolic OH excluding ortho intramolecular Hbond substituents is 1. The van der Waals surface area contributed by atoms with Crippen LogP contribution in [-0.2, 0) is 22.6 Å². The number of rotatable bonds is 4. The number of Topliss-reactive ketones (excluding diaryl/α,β-unsaturated/α-hetero) is 2. The molecular formula is C26H27N3O6. The maximum atomic E-state index is 13.6. The lowest BCUT2D eigenvalue weighted by atomic mass is 9.62. The molecule has 3 aliphatic rings. The molecule has 9 nitrogen and oxygen atoms in total. The van der Waals surface area contributed by atoms with E-state index in [2.05, 4.69) is 4.98 Å². The predicted molar refractivity (Wildman–Crippen MR) is 127 cm³/mol. The Labute approximate surface area is 201 Å². The van der Waals surface area contributed by atoms with Gasteiger partial charge in [0, 0.05) is 35.5 Å². The normalized spacial score (nSPS) is 23.9. The molecular weight excluding hydrogens is 450 g/mol. The van der Waals surface area contributed by atoms with E-state index in [0.29, 0.717) is 24.9 Å². The number of hydrogen-bond acceptors (Lipinski definition) is 7. The molecule has 35 heavy (non-hydrogen) atoms. The number of aromatic nitrogens is 1. The molecule has 1 aromatic heterocycles. The molecule has 3 unspecified atom stereocenters. The standard InChI is InChI=1S/C26H27N3O6/c1-29(2)10-13-3-5-16(28-13)14-4-6-17(30)21-15(14)8-11-7-12-9-18(31)22(26(27)35)25(34)20(12)23(32)19(11)24(21)33/h3-6,11-12,20,28,30-32H,7-10H2,1-2H3,(H2,27,35). The number of phenols is 1. The van der Waals surface area contributed by atoms with E-state index in [0.717, 1.165) is 17.0 Å². The topological polar surface area (TPSA) is 157 Å². The summed E-state index contributed by atoms with van der Waals surface area (Å²) in [6.45, 7) is 0.712. The van der Waals surface area contributed by atoms with E-state index in [9.17, 15) is 29.7 Å². The third-order valence-electron chi connectivity index (χ3n) is 7.29. The molecule has 0 fully saturated rings. The fourth-order valence-corrected chi connectivity index (χ4v) is 5.92. The number of nitrogens with two attached hydrogens (primary N) is 1. The van der Waals surface area contributed by atoms with E-state index in [-0.39, 0.29) is 29.1 Å². The second-order valence-electron chi connectivity index (χ2n) is 9.88. The van der Waals surface area contributed by atoms with Gasteiger partial charge in [-0.2, -0.15) is 0 Å². The van der Waals surface area contributed by atoms with E-state index in [1.54, 1.807) is 6.07 Å². The number of nitrogens with zero attached hydrogens (tertiary/aromatic N) is 1. The van der Waals surface area contributed by atoms with Gasteiger partial charge in [-0.3, -0.25) is 14.4 Å². The predicted octanol–water partition coefficient (Wildman–Crippen LogP) is 2.52. The van der Waals surface area contributed by atoms with Gasteiger partial charge in [-0.25, -0.2) is 0 Å². The van der Waals surface area contributed by atoms with Crippen LogP contribution in [0.25, 0.3) is 11.3 Å². The molecule has 1 heterocycles. The quantitative estimate of drug-likeness (QED) is 0.424. The van der Waals surface area contributed by atoms with Crippen molar-refractivity contribution < 1.29 is 29.7 Å². The Bertz CT molecular complexity index is 1350. The fourth-order valence-electron chi connectivity index (χ4n) is 5.92. The van der Waals surface area contributed by atoms with Crippen LogP contribution in [0.2, 0.25) is 0 Å². The lowest BCUT2D eigenvalue weighted by Gasteiger charge is -2.41. The average Bonchev–Trinajstić information content (AvgIpc) is 3.20. The molecule has 0 bridgehead atoms. The number of H-pyrrole nitrogens is 1. The zero-order valence-electron chi connectivity index (χ0n) is 19.5. The van der Waals surface area contributed by atoms with Crippen molar-refractivity contribution in [3.8, 4) is 17.0 Å². The van der Waals surface area contributed by atoms with Crippen LogP contribution in [0.4, 0.5) is 0 Å². The summed E-state index contributed by atoms with van der Waals surface area (Å²) in [6, 6.07) is 7.13. The van der Waals surface area contributed by atoms with Crippen molar-refractivity contribution in [3.05, 3.63) is 63.8 Å². The van der Waals surface area contributed by atoms with Crippen LogP contribution >= 0.6 is 0 Å². The minimum Gasteiger partial charge on any atom is -0.511 e. The Morgan fingerprint density at radius 1 is 1.11 bits per heavy atom. The van der Waals surface area contributed by atoms with Gasteiger partial charge < -0.3 is 30.9 Å². The van der Waals surface area contributed by atoms with Gasteiger partial charge in [0.25, 0.3) is 5.91 Å². The number of primary amides is 1. The molecule has 1 amide bonds. The zero-order valence-corrected chi connectivity index (χ0v) is 19.5. The van der Waals surface area contributed by atoms with Crippen LogP contribution in [0.3, 0.4) is 0 Å². The second-order valence-corrected chi connectivity index (χ2v) is 9.88. The molecule has 6 N–H and O–H groups in total. The maximum Gasteiger partial charge on any atom is 0.255 e. The number of allylic oxidation sites excluding steroid dienone is 3. The van der Waals surface area contributed by atoms with E-state index >= 15 is 0 Å². The van der Waals surface area contributed by atoms with Crippen LogP contribution < -0.4 is 5.73 Å². The Morgan fingerprint density at radius 2 is 1.86 bits per heavy atom. The summed E-state index contributed by atoms with van der Waals surface area (Å²) in [5, 5.41) is 32.0. The summed E-state index contributed by atoms with van der Waals surface area (Å²) in [6.07, 6.45) is 0.751. The number of hydrogen-bond donors (Lipinski definition) is 5. The Hall–Kier alpha value is -3.85. The first-order valence-electron chi connectivity index (χ1n) is 11.5. The second kappa shape index (κ2) is 8.13. The van der Waals surface area contributed by atoms with E-state index in [1.807, 2.05) is 31.1 Å². The van der Waals surface area contributed by atoms with Crippen LogP contribution in [0.15, 0.2) is 46.9 Å². The molecule has 3 atom stereocenters. The van der Waals surface area contributed by atoms with Crippen LogP contribution in [-0.4, -0.2) is 56.8 Å². The number of aromatic hydroxyl groups is 1. The third-order valence-corrected chi connectivity index (χ3v) is 7.29. The zero-order chi connectivity index (χ0) is 25.2. The van der Waals surface area contributed by atoms with Crippen molar-refractivity contribution in [2.45, 2.75) is 25.8 Å². The van der Waals surface area contributed by atoms with E-state index in [1.165, 1.54) is 6.07 Å². The number of amides is 1. The van der Waals surface area contributed by atoms with E-state index < -0.39 is 46.6 Å². The molecule has 3 aliphatic carbocycles. The van der Waals surface area contributed by atoms with Crippen LogP contribution in [0.1, 0.15) is 34.5 Å². The smallest absolute Gasteiger partial charge is 0.255 e. The van der Waals surface area contributed by atoms with Gasteiger partial charge >= 0.3 is 0 Å². The van der Waals surface area contributed by atoms with Crippen molar-refractivity contribution in [3.63, 3.8) is 0 Å². The van der Waals surface area contributed by atoms with Crippen molar-refractivity contribution in [1.29, 1.82) is 0 Å². The number of aromatic amines is 1. The minimum atomic E-state index is -1.12. The highest BCUT2D eigenvalue weighted by Crippen LogP contribution is 2.50. The monoisotopic (exact) mass is 477 g/mol. The largest absolute Gasteiger partial charge is 0.511 e. The molecule has 5 rings (SSSR count). The van der Waals surface area contributed by atoms with Crippen LogP contribution in [0, 0.1) is 17.8 Å². The van der Waals surface area contributed by atoms with Crippen molar-refractivity contribution in [2.24, 2.45) is 23.5 Å². The van der Waals surface area contributed by atoms with Gasteiger partial charge in [0.1, 0.15) is 22.8 Å². The Kier molecular flexibility index (Phi) is 5.32. The highest BCUT2D eigenvalue weighted by Gasteiger charge is 2.50. The summed E-state index contributed by atoms with van der Waals surface area (Å²) >= 11 is 0. The molecule has 0 radical (unpaired) electrons. The van der Waals surface area contributed by atoms with Crippen LogP contribution in [0.5, 0.6) is 5.75 Å². The molecule has 0 saturated heterocycles. The molecule has 0 saturated carbocycles. The highest BCUT2D eigenvalue weighted by molar-refractivity contribution is 6.22. The molecule has 182 valence electrons. The molecule has 9 heteroatoms. The van der Waals surface area contributed by atoms with Gasteiger partial charge in [0.2, 0.25) is 0 Å². The number of carbonyl (C=O) groups excluding carboxylic acids is 3. The number of fused-ring (bicyclic) bond motifs is 3. The average molecular weight is 478 g/mol. The SMILES string of the molecule is CN(C)Cc1ccc(-c2ccc(O)c3c2CC2CC4CC(O)=C(C(N)=O)C(=O)C4C(O)=C2C3=O)[nH]1. The van der Waals surface area contributed by atoms with Gasteiger partial charge in [-0.05, 0) is 68.6 Å². The van der Waals surface area contributed by atoms with Gasteiger partial charge in [-0.1, -0.05) is 0 Å². The Balaban J connectivity index is 1.60. The number of benzene rings is 1. The lowest BCUT2D eigenvalue weighted by molar-refractivity contribution is -0.126. The van der Waals surface area contributed by atoms with Crippen molar-refractivity contribution in [1.82, 2.24) is 9.88 Å². The molecule has 0 spiro atoms. The first kappa shape index (κ1) is 22.9. The first-order chi connectivity index (χ1) is 16.6. The number of aliphatic hydroxyl groups is 2. The summed E-state index contributed by atoms with van der Waals surface area (Å²) in [5.41, 5.74) is 8.23. The summed E-state index contributed by atoms with van der Waals surface area (Å²) in [7, 11) is 3.93. The first-order valence-corrected chi connectivity index (χ1v) is 11.5. The minimum absolute atomic E-state index is 0.0149. The van der Waals surface area contributed by atoms with Gasteiger partial charge in [0.15, 0.2) is 11.6 Å². The number of nitrogens with one attached hydrogen (secondary N) is 1. The summed E-state index contributed by atoms with van der Waals surface area (Å²) in [5.74, 6) is -5.31. The summed E-state index contributed by atoms with van der Waals surface area (Å²) in [4.78, 5) is 43.7. The van der Waals surface area contributed by atoms with E-state index in [4.69, 9.17) is 5.73 Å².